The smallest absolute Gasteiger partial charge is 0.402 e. The van der Waals surface area contributed by atoms with Crippen molar-refractivity contribution >= 4 is 23.1 Å². The van der Waals surface area contributed by atoms with Crippen LogP contribution in [0.5, 0.6) is 0 Å². The fourth-order valence-corrected chi connectivity index (χ4v) is 1.35. The topological polar surface area (TPSA) is 129 Å². The van der Waals surface area contributed by atoms with E-state index in [1.54, 1.807) is 0 Å². The van der Waals surface area contributed by atoms with E-state index in [1.807, 2.05) is 24.3 Å². The maximum absolute atomic E-state index is 10.3. The summed E-state index contributed by atoms with van der Waals surface area (Å²) in [5.74, 6) is -0.0703. The van der Waals surface area contributed by atoms with E-state index in [-0.39, 0.29) is 6.42 Å². The van der Waals surface area contributed by atoms with Gasteiger partial charge in [0.2, 0.25) is 0 Å². The molecule has 96 valence electrons. The number of nitrogens with two attached hydrogens (primary N) is 1. The number of para-hydroxylation sites is 2. The number of hydrogen-bond acceptors (Lipinski definition) is 3. The van der Waals surface area contributed by atoms with Gasteiger partial charge < -0.3 is 20.9 Å². The number of carboxylic acids is 1. The second kappa shape index (κ2) is 6.24. The first-order chi connectivity index (χ1) is 8.49. The molecule has 1 aromatic heterocycles. The Morgan fingerprint density at radius 2 is 1.89 bits per heavy atom. The standard InChI is InChI=1S/C10H10N2O2.CH3NO2/c13-10(14)6-5-9-11-7-3-1-2-4-8(7)12-9;2-1(3)4/h1-4H,5-6H2,(H,11,12)(H,13,14);2H2,(H,3,4). The summed E-state index contributed by atoms with van der Waals surface area (Å²) in [7, 11) is 0. The highest BCUT2D eigenvalue weighted by molar-refractivity contribution is 5.75. The van der Waals surface area contributed by atoms with Crippen molar-refractivity contribution in [2.24, 2.45) is 5.73 Å². The number of nitrogens with one attached hydrogen (secondary N) is 1. The van der Waals surface area contributed by atoms with Crippen molar-refractivity contribution in [3.63, 3.8) is 0 Å². The van der Waals surface area contributed by atoms with Crippen LogP contribution < -0.4 is 5.73 Å². The van der Waals surface area contributed by atoms with Gasteiger partial charge in [0.15, 0.2) is 0 Å². The normalized spacial score (nSPS) is 9.56. The van der Waals surface area contributed by atoms with Gasteiger partial charge in [0, 0.05) is 6.42 Å². The Labute approximate surface area is 102 Å². The molecule has 7 heteroatoms. The van der Waals surface area contributed by atoms with E-state index in [9.17, 15) is 4.79 Å². The van der Waals surface area contributed by atoms with Crippen LogP contribution in [0.4, 0.5) is 4.79 Å². The molecular weight excluding hydrogens is 238 g/mol. The molecule has 0 radical (unpaired) electrons. The molecule has 0 saturated heterocycles. The molecule has 0 fully saturated rings. The molecule has 0 unspecified atom stereocenters. The van der Waals surface area contributed by atoms with Gasteiger partial charge in [-0.2, -0.15) is 0 Å². The molecule has 0 bridgehead atoms. The number of aryl methyl sites for hydroxylation is 1. The highest BCUT2D eigenvalue weighted by atomic mass is 16.4. The summed E-state index contributed by atoms with van der Waals surface area (Å²) < 4.78 is 0. The second-order valence-electron chi connectivity index (χ2n) is 3.43. The second-order valence-corrected chi connectivity index (χ2v) is 3.43. The van der Waals surface area contributed by atoms with Crippen LogP contribution in [0.15, 0.2) is 24.3 Å². The molecule has 1 heterocycles. The third-order valence-corrected chi connectivity index (χ3v) is 2.01. The van der Waals surface area contributed by atoms with Crippen molar-refractivity contribution in [2.75, 3.05) is 0 Å². The van der Waals surface area contributed by atoms with Gasteiger partial charge in [0.25, 0.3) is 0 Å². The van der Waals surface area contributed by atoms with Crippen molar-refractivity contribution in [1.82, 2.24) is 9.97 Å². The van der Waals surface area contributed by atoms with Gasteiger partial charge in [-0.25, -0.2) is 9.78 Å². The molecule has 18 heavy (non-hydrogen) atoms. The third kappa shape index (κ3) is 4.52. The molecule has 2 rings (SSSR count). The number of hydrogen-bond donors (Lipinski definition) is 4. The van der Waals surface area contributed by atoms with Crippen molar-refractivity contribution in [2.45, 2.75) is 12.8 Å². The van der Waals surface area contributed by atoms with Crippen molar-refractivity contribution in [3.05, 3.63) is 30.1 Å². The molecule has 2 aromatic rings. The van der Waals surface area contributed by atoms with Crippen LogP contribution in [0.3, 0.4) is 0 Å². The largest absolute Gasteiger partial charge is 0.481 e. The summed E-state index contributed by atoms with van der Waals surface area (Å²) in [4.78, 5) is 26.5. The number of aromatic amines is 1. The number of aliphatic carboxylic acids is 1. The van der Waals surface area contributed by atoms with E-state index in [0.29, 0.717) is 6.42 Å². The lowest BCUT2D eigenvalue weighted by atomic mass is 10.3. The van der Waals surface area contributed by atoms with E-state index in [2.05, 4.69) is 15.7 Å². The SMILES string of the molecule is NC(=O)O.O=C(O)CCc1nc2ccccc2[nH]1. The number of rotatable bonds is 3. The Morgan fingerprint density at radius 1 is 1.28 bits per heavy atom. The van der Waals surface area contributed by atoms with Crippen molar-refractivity contribution < 1.29 is 19.8 Å². The highest BCUT2D eigenvalue weighted by Gasteiger charge is 2.03. The Hall–Kier alpha value is -2.57. The lowest BCUT2D eigenvalue weighted by Gasteiger charge is -1.89. The Bertz CT molecular complexity index is 513. The number of fused-ring (bicyclic) bond motifs is 1. The van der Waals surface area contributed by atoms with Crippen LogP contribution in [0, 0.1) is 0 Å². The number of aromatic nitrogens is 2. The number of carboxylic acid groups (broad SMARTS) is 2. The lowest BCUT2D eigenvalue weighted by Crippen LogP contribution is -2.03. The maximum Gasteiger partial charge on any atom is 0.402 e. The molecular formula is C11H13N3O4. The fraction of sp³-hybridized carbons (Fsp3) is 0.182. The summed E-state index contributed by atoms with van der Waals surface area (Å²) in [6.07, 6.45) is -0.774. The number of nitrogens with zero attached hydrogens (tertiary/aromatic N) is 1. The molecule has 0 aliphatic heterocycles. The Balaban J connectivity index is 0.000000357. The van der Waals surface area contributed by atoms with Crippen molar-refractivity contribution in [3.8, 4) is 0 Å². The zero-order chi connectivity index (χ0) is 13.5. The zero-order valence-electron chi connectivity index (χ0n) is 9.46. The van der Waals surface area contributed by atoms with Crippen LogP contribution in [0.25, 0.3) is 11.0 Å². The molecule has 0 aliphatic rings. The molecule has 1 amide bonds. The van der Waals surface area contributed by atoms with Crippen LogP contribution in [-0.4, -0.2) is 32.2 Å². The van der Waals surface area contributed by atoms with E-state index >= 15 is 0 Å². The summed E-state index contributed by atoms with van der Waals surface area (Å²) in [6.45, 7) is 0. The zero-order valence-corrected chi connectivity index (χ0v) is 9.46. The van der Waals surface area contributed by atoms with Crippen molar-refractivity contribution in [1.29, 1.82) is 0 Å². The van der Waals surface area contributed by atoms with Gasteiger partial charge in [-0.15, -0.1) is 0 Å². The van der Waals surface area contributed by atoms with Crippen LogP contribution in [0.2, 0.25) is 0 Å². The maximum atomic E-state index is 10.3. The average Bonchev–Trinajstić information content (AvgIpc) is 2.68. The van der Waals surface area contributed by atoms with Crippen LogP contribution in [-0.2, 0) is 11.2 Å². The quantitative estimate of drug-likeness (QED) is 0.651. The average molecular weight is 251 g/mol. The number of primary amides is 1. The van der Waals surface area contributed by atoms with Gasteiger partial charge in [-0.1, -0.05) is 12.1 Å². The first-order valence-corrected chi connectivity index (χ1v) is 5.13. The summed E-state index contributed by atoms with van der Waals surface area (Å²) in [6, 6.07) is 7.65. The first kappa shape index (κ1) is 13.5. The van der Waals surface area contributed by atoms with E-state index in [0.717, 1.165) is 16.9 Å². The monoisotopic (exact) mass is 251 g/mol. The number of amides is 1. The lowest BCUT2D eigenvalue weighted by molar-refractivity contribution is -0.137. The summed E-state index contributed by atoms with van der Waals surface area (Å²) in [5.41, 5.74) is 5.86. The van der Waals surface area contributed by atoms with Gasteiger partial charge in [0.05, 0.1) is 17.5 Å². The highest BCUT2D eigenvalue weighted by Crippen LogP contribution is 2.11. The molecule has 0 spiro atoms. The summed E-state index contributed by atoms with van der Waals surface area (Å²) in [5, 5.41) is 15.7. The minimum absolute atomic E-state index is 0.111. The predicted octanol–water partition coefficient (Wildman–Crippen LogP) is 1.20. The van der Waals surface area contributed by atoms with Gasteiger partial charge in [0.1, 0.15) is 5.82 Å². The Kier molecular flexibility index (Phi) is 4.67. The molecule has 0 atom stereocenters. The van der Waals surface area contributed by atoms with Crippen LogP contribution >= 0.6 is 0 Å². The molecule has 0 aliphatic carbocycles. The number of benzene rings is 1. The Morgan fingerprint density at radius 3 is 2.44 bits per heavy atom. The van der Waals surface area contributed by atoms with Gasteiger partial charge in [-0.3, -0.25) is 4.79 Å². The first-order valence-electron chi connectivity index (χ1n) is 5.13. The van der Waals surface area contributed by atoms with Gasteiger partial charge >= 0.3 is 12.1 Å². The third-order valence-electron chi connectivity index (χ3n) is 2.01. The van der Waals surface area contributed by atoms with E-state index < -0.39 is 12.1 Å². The summed E-state index contributed by atoms with van der Waals surface area (Å²) >= 11 is 0. The molecule has 1 aromatic carbocycles. The molecule has 5 N–H and O–H groups in total. The minimum atomic E-state index is -1.33. The fourth-order valence-electron chi connectivity index (χ4n) is 1.35. The number of H-pyrrole nitrogens is 1. The van der Waals surface area contributed by atoms with Crippen LogP contribution in [0.1, 0.15) is 12.2 Å². The van der Waals surface area contributed by atoms with E-state index in [1.165, 1.54) is 0 Å². The molecule has 7 nitrogen and oxygen atoms in total. The minimum Gasteiger partial charge on any atom is -0.481 e. The number of carbonyl (C=O) groups is 2. The van der Waals surface area contributed by atoms with E-state index in [4.69, 9.17) is 15.0 Å². The molecule has 0 saturated carbocycles. The number of imidazole rings is 1. The predicted molar refractivity (Wildman–Crippen MR) is 64.3 cm³/mol. The van der Waals surface area contributed by atoms with Gasteiger partial charge in [-0.05, 0) is 12.1 Å².